The minimum absolute atomic E-state index is 1.04. The second-order valence-electron chi connectivity index (χ2n) is 5.32. The second kappa shape index (κ2) is 10.9. The molecular weight excluding hydrogens is 266 g/mol. The number of rotatable bonds is 5. The first-order chi connectivity index (χ1) is 10.8. The Balaban J connectivity index is 0.00000116. The summed E-state index contributed by atoms with van der Waals surface area (Å²) in [5, 5.41) is 0. The molecule has 0 aromatic rings. The van der Waals surface area contributed by atoms with E-state index in [4.69, 9.17) is 0 Å². The van der Waals surface area contributed by atoms with Gasteiger partial charge in [-0.3, -0.25) is 0 Å². The van der Waals surface area contributed by atoms with E-state index < -0.39 is 0 Å². The van der Waals surface area contributed by atoms with E-state index in [0.717, 1.165) is 19.5 Å². The quantitative estimate of drug-likeness (QED) is 0.566. The lowest BCUT2D eigenvalue weighted by Gasteiger charge is -2.32. The predicted molar refractivity (Wildman–Crippen MR) is 99.8 cm³/mol. The van der Waals surface area contributed by atoms with E-state index in [1.54, 1.807) is 5.70 Å². The molecule has 0 aromatic heterocycles. The molecule has 2 rings (SSSR count). The molecule has 0 saturated heterocycles. The van der Waals surface area contributed by atoms with Gasteiger partial charge in [-0.2, -0.15) is 0 Å². The van der Waals surface area contributed by atoms with Crippen molar-refractivity contribution in [1.29, 1.82) is 0 Å². The molecular formula is C21H31N. The van der Waals surface area contributed by atoms with Crippen LogP contribution in [0.1, 0.15) is 46.0 Å². The van der Waals surface area contributed by atoms with Crippen molar-refractivity contribution in [3.8, 4) is 0 Å². The standard InChI is InChI=1S/C19H25N.C2H6/c1-3-5-10-17(9-4-2)18-13-15-20(16-14-18)19-11-7-6-8-12-19;1-2/h3-5,9-11,13H,1-2,6-8,12,14-16H2;1-2H3/b10-5-,17-9+;. The largest absolute Gasteiger partial charge is 0.371 e. The monoisotopic (exact) mass is 297 g/mol. The molecule has 0 bridgehead atoms. The van der Waals surface area contributed by atoms with Crippen molar-refractivity contribution in [2.45, 2.75) is 46.0 Å². The van der Waals surface area contributed by atoms with Crippen molar-refractivity contribution >= 4 is 0 Å². The average Bonchev–Trinajstić information content (AvgIpc) is 2.61. The molecule has 0 atom stereocenters. The highest BCUT2D eigenvalue weighted by molar-refractivity contribution is 5.43. The van der Waals surface area contributed by atoms with E-state index in [0.29, 0.717) is 0 Å². The third kappa shape index (κ3) is 5.55. The predicted octanol–water partition coefficient (Wildman–Crippen LogP) is 5.96. The molecule has 0 radical (unpaired) electrons. The van der Waals surface area contributed by atoms with Crippen LogP contribution in [-0.4, -0.2) is 18.0 Å². The number of nitrogens with zero attached hydrogens (tertiary/aromatic N) is 1. The third-order valence-corrected chi connectivity index (χ3v) is 3.96. The molecule has 120 valence electrons. The van der Waals surface area contributed by atoms with E-state index in [2.05, 4.69) is 42.4 Å². The fraction of sp³-hybridized carbons (Fsp3) is 0.429. The summed E-state index contributed by atoms with van der Waals surface area (Å²) in [4.78, 5) is 2.53. The van der Waals surface area contributed by atoms with Gasteiger partial charge in [-0.25, -0.2) is 0 Å². The minimum Gasteiger partial charge on any atom is -0.371 e. The fourth-order valence-electron chi connectivity index (χ4n) is 2.87. The maximum Gasteiger partial charge on any atom is 0.0362 e. The molecule has 1 aliphatic carbocycles. The summed E-state index contributed by atoms with van der Waals surface area (Å²) >= 11 is 0. The van der Waals surface area contributed by atoms with Crippen LogP contribution >= 0.6 is 0 Å². The van der Waals surface area contributed by atoms with Crippen LogP contribution in [0.3, 0.4) is 0 Å². The Labute approximate surface area is 137 Å². The molecule has 1 heterocycles. The zero-order chi connectivity index (χ0) is 16.2. The molecule has 0 unspecified atom stereocenters. The molecule has 22 heavy (non-hydrogen) atoms. The Morgan fingerprint density at radius 1 is 1.09 bits per heavy atom. The van der Waals surface area contributed by atoms with Crippen molar-refractivity contribution in [3.63, 3.8) is 0 Å². The van der Waals surface area contributed by atoms with Crippen LogP contribution < -0.4 is 0 Å². The Hall–Kier alpha value is -1.76. The summed E-state index contributed by atoms with van der Waals surface area (Å²) in [7, 11) is 0. The Morgan fingerprint density at radius 2 is 1.91 bits per heavy atom. The molecule has 0 spiro atoms. The van der Waals surface area contributed by atoms with Crippen molar-refractivity contribution in [3.05, 3.63) is 72.5 Å². The fourth-order valence-corrected chi connectivity index (χ4v) is 2.87. The smallest absolute Gasteiger partial charge is 0.0362 e. The van der Waals surface area contributed by atoms with Crippen LogP contribution in [0.25, 0.3) is 0 Å². The van der Waals surface area contributed by atoms with E-state index in [1.165, 1.54) is 36.8 Å². The molecule has 0 fully saturated rings. The molecule has 0 saturated carbocycles. The topological polar surface area (TPSA) is 3.24 Å². The first-order valence-corrected chi connectivity index (χ1v) is 8.60. The van der Waals surface area contributed by atoms with Crippen LogP contribution in [-0.2, 0) is 0 Å². The van der Waals surface area contributed by atoms with Gasteiger partial charge in [0.05, 0.1) is 0 Å². The number of hydrogen-bond donors (Lipinski definition) is 0. The Morgan fingerprint density at radius 3 is 2.45 bits per heavy atom. The molecule has 1 aliphatic heterocycles. The molecule has 1 nitrogen and oxygen atoms in total. The van der Waals surface area contributed by atoms with Crippen LogP contribution in [0.15, 0.2) is 72.5 Å². The lowest BCUT2D eigenvalue weighted by molar-refractivity contribution is 0.345. The first-order valence-electron chi connectivity index (χ1n) is 8.60. The SMILES string of the molecule is C=C/C=C\C(=C/C=C)C1=CCN(C2=CCCCC2)CC1.CC. The summed E-state index contributed by atoms with van der Waals surface area (Å²) in [6, 6.07) is 0. The van der Waals surface area contributed by atoms with Crippen LogP contribution in [0, 0.1) is 0 Å². The van der Waals surface area contributed by atoms with Crippen LogP contribution in [0.4, 0.5) is 0 Å². The van der Waals surface area contributed by atoms with Gasteiger partial charge in [-0.1, -0.05) is 69.5 Å². The maximum absolute atomic E-state index is 3.81. The molecule has 0 amide bonds. The highest BCUT2D eigenvalue weighted by Gasteiger charge is 2.16. The number of hydrogen-bond acceptors (Lipinski definition) is 1. The lowest BCUT2D eigenvalue weighted by Crippen LogP contribution is -2.29. The molecule has 0 aromatic carbocycles. The zero-order valence-electron chi connectivity index (χ0n) is 14.4. The molecule has 2 aliphatic rings. The van der Waals surface area contributed by atoms with Crippen molar-refractivity contribution in [2.24, 2.45) is 0 Å². The average molecular weight is 297 g/mol. The van der Waals surface area contributed by atoms with Gasteiger partial charge in [0.25, 0.3) is 0 Å². The van der Waals surface area contributed by atoms with Gasteiger partial charge in [-0.15, -0.1) is 0 Å². The summed E-state index contributed by atoms with van der Waals surface area (Å²) < 4.78 is 0. The third-order valence-electron chi connectivity index (χ3n) is 3.96. The van der Waals surface area contributed by atoms with Gasteiger partial charge < -0.3 is 4.90 Å². The molecule has 0 N–H and O–H groups in total. The zero-order valence-corrected chi connectivity index (χ0v) is 14.4. The van der Waals surface area contributed by atoms with Crippen molar-refractivity contribution in [2.75, 3.05) is 13.1 Å². The summed E-state index contributed by atoms with van der Waals surface area (Å²) in [6.07, 6.45) is 21.0. The van der Waals surface area contributed by atoms with E-state index in [-0.39, 0.29) is 0 Å². The van der Waals surface area contributed by atoms with Gasteiger partial charge in [0.1, 0.15) is 0 Å². The van der Waals surface area contributed by atoms with E-state index >= 15 is 0 Å². The molecule has 1 heteroatoms. The van der Waals surface area contributed by atoms with Crippen LogP contribution in [0.5, 0.6) is 0 Å². The highest BCUT2D eigenvalue weighted by atomic mass is 15.1. The highest BCUT2D eigenvalue weighted by Crippen LogP contribution is 2.26. The van der Waals surface area contributed by atoms with Gasteiger partial charge in [0, 0.05) is 18.8 Å². The van der Waals surface area contributed by atoms with Crippen LogP contribution in [0.2, 0.25) is 0 Å². The summed E-state index contributed by atoms with van der Waals surface area (Å²) in [6.45, 7) is 13.7. The number of allylic oxidation sites excluding steroid dienone is 8. The lowest BCUT2D eigenvalue weighted by atomic mass is 9.96. The Bertz CT molecular complexity index is 474. The second-order valence-corrected chi connectivity index (χ2v) is 5.32. The maximum atomic E-state index is 3.81. The van der Waals surface area contributed by atoms with Gasteiger partial charge in [0.15, 0.2) is 0 Å². The van der Waals surface area contributed by atoms with E-state index in [1.807, 2.05) is 32.1 Å². The Kier molecular flexibility index (Phi) is 9.06. The van der Waals surface area contributed by atoms with E-state index in [9.17, 15) is 0 Å². The van der Waals surface area contributed by atoms with Crippen molar-refractivity contribution in [1.82, 2.24) is 4.90 Å². The van der Waals surface area contributed by atoms with Gasteiger partial charge in [0.2, 0.25) is 0 Å². The van der Waals surface area contributed by atoms with Gasteiger partial charge >= 0.3 is 0 Å². The minimum atomic E-state index is 1.04. The van der Waals surface area contributed by atoms with Crippen molar-refractivity contribution < 1.29 is 0 Å². The summed E-state index contributed by atoms with van der Waals surface area (Å²) in [5.41, 5.74) is 4.25. The first kappa shape index (κ1) is 18.3. The normalized spacial score (nSPS) is 19.0. The van der Waals surface area contributed by atoms with Gasteiger partial charge in [-0.05, 0) is 43.3 Å². The summed E-state index contributed by atoms with van der Waals surface area (Å²) in [5.74, 6) is 0.